The normalized spacial score (nSPS) is 23.1. The Morgan fingerprint density at radius 3 is 2.88 bits per heavy atom. The van der Waals surface area contributed by atoms with Crippen LogP contribution in [0.1, 0.15) is 59.3 Å². The molecule has 2 unspecified atom stereocenters. The minimum atomic E-state index is -0.879. The van der Waals surface area contributed by atoms with E-state index in [-0.39, 0.29) is 5.76 Å². The smallest absolute Gasteiger partial charge is 0.124 e. The first-order valence-corrected chi connectivity index (χ1v) is 9.04. The van der Waals surface area contributed by atoms with Crippen molar-refractivity contribution >= 4 is 0 Å². The second-order valence-electron chi connectivity index (χ2n) is 5.62. The van der Waals surface area contributed by atoms with E-state index in [2.05, 4.69) is 31.0 Å². The molecule has 0 amide bonds. The molecule has 0 spiro atoms. The van der Waals surface area contributed by atoms with Gasteiger partial charge in [0.1, 0.15) is 11.9 Å². The third kappa shape index (κ3) is 11.8. The van der Waals surface area contributed by atoms with Gasteiger partial charge in [-0.3, -0.25) is 0 Å². The highest BCUT2D eigenvalue weighted by atomic mass is 19.1. The van der Waals surface area contributed by atoms with Crippen molar-refractivity contribution in [3.05, 3.63) is 60.6 Å². The van der Waals surface area contributed by atoms with Gasteiger partial charge in [-0.25, -0.2) is 4.39 Å². The maximum atomic E-state index is 13.6. The number of aliphatic hydroxyl groups is 1. The number of rotatable bonds is 8. The average Bonchev–Trinajstić information content (AvgIpc) is 2.57. The van der Waals surface area contributed by atoms with Crippen LogP contribution < -0.4 is 5.32 Å². The van der Waals surface area contributed by atoms with Crippen LogP contribution in [-0.4, -0.2) is 17.3 Å². The van der Waals surface area contributed by atoms with Gasteiger partial charge in [0, 0.05) is 18.2 Å². The highest BCUT2D eigenvalue weighted by Crippen LogP contribution is 2.14. The number of allylic oxidation sites excluding steroid dienone is 8. The standard InChI is InChI=1S/C19H28FNO.C2H6/c1-3-19(22)14-10-5-4-7-11-16(2)21-18-13-9-6-8-12-17(20)15-18;1-2/h3-6,8,14-17,21-22H,1,7,9-13H2,2H3;1-2H3/b5-4+,8-6-,18-15+,19-14+;. The summed E-state index contributed by atoms with van der Waals surface area (Å²) in [5.41, 5.74) is 1.02. The summed E-state index contributed by atoms with van der Waals surface area (Å²) in [7, 11) is 0. The summed E-state index contributed by atoms with van der Waals surface area (Å²) in [6, 6.07) is 0.323. The monoisotopic (exact) mass is 335 g/mol. The Balaban J connectivity index is 0.00000254. The molecular formula is C21H34FNO. The molecule has 0 aromatic carbocycles. The lowest BCUT2D eigenvalue weighted by Gasteiger charge is -2.19. The van der Waals surface area contributed by atoms with Crippen LogP contribution in [-0.2, 0) is 0 Å². The van der Waals surface area contributed by atoms with Crippen LogP contribution >= 0.6 is 0 Å². The van der Waals surface area contributed by atoms with Gasteiger partial charge in [-0.05, 0) is 57.3 Å². The molecule has 2 atom stereocenters. The van der Waals surface area contributed by atoms with E-state index in [1.807, 2.05) is 26.0 Å². The van der Waals surface area contributed by atoms with Crippen molar-refractivity contribution in [3.63, 3.8) is 0 Å². The highest BCUT2D eigenvalue weighted by Gasteiger charge is 2.08. The fourth-order valence-electron chi connectivity index (χ4n) is 2.29. The lowest BCUT2D eigenvalue weighted by Crippen LogP contribution is -2.26. The topological polar surface area (TPSA) is 32.3 Å². The van der Waals surface area contributed by atoms with Gasteiger partial charge in [-0.2, -0.15) is 0 Å². The molecule has 0 aromatic rings. The van der Waals surface area contributed by atoms with Crippen LogP contribution in [0.25, 0.3) is 0 Å². The molecule has 0 aliphatic heterocycles. The summed E-state index contributed by atoms with van der Waals surface area (Å²) in [5, 5.41) is 12.6. The highest BCUT2D eigenvalue weighted by molar-refractivity contribution is 5.10. The Hall–Kier alpha value is -1.77. The Kier molecular flexibility index (Phi) is 13.7. The third-order valence-electron chi connectivity index (χ3n) is 3.53. The Bertz CT molecular complexity index is 449. The van der Waals surface area contributed by atoms with Crippen molar-refractivity contribution < 1.29 is 9.50 Å². The van der Waals surface area contributed by atoms with Crippen LogP contribution in [0.2, 0.25) is 0 Å². The van der Waals surface area contributed by atoms with Crippen LogP contribution in [0, 0.1) is 0 Å². The number of alkyl halides is 1. The van der Waals surface area contributed by atoms with E-state index in [4.69, 9.17) is 0 Å². The minimum Gasteiger partial charge on any atom is -0.508 e. The van der Waals surface area contributed by atoms with E-state index >= 15 is 0 Å². The van der Waals surface area contributed by atoms with Crippen LogP contribution in [0.3, 0.4) is 0 Å². The SMILES string of the molecule is C=C/C(O)=C\C/C=C/CCC(C)N/C1=C/C(F)C/C=C\CC1.CC. The summed E-state index contributed by atoms with van der Waals surface area (Å²) in [6.07, 6.45) is 17.1. The van der Waals surface area contributed by atoms with Gasteiger partial charge in [0.2, 0.25) is 0 Å². The van der Waals surface area contributed by atoms with Gasteiger partial charge in [0.05, 0.1) is 0 Å². The molecule has 24 heavy (non-hydrogen) atoms. The van der Waals surface area contributed by atoms with Gasteiger partial charge in [-0.1, -0.05) is 44.7 Å². The summed E-state index contributed by atoms with van der Waals surface area (Å²) in [6.45, 7) is 9.61. The molecule has 2 nitrogen and oxygen atoms in total. The lowest BCUT2D eigenvalue weighted by molar-refractivity contribution is 0.396. The van der Waals surface area contributed by atoms with Crippen LogP contribution in [0.5, 0.6) is 0 Å². The van der Waals surface area contributed by atoms with E-state index in [1.165, 1.54) is 6.08 Å². The summed E-state index contributed by atoms with van der Waals surface area (Å²) in [5.74, 6) is 0.214. The molecule has 0 radical (unpaired) electrons. The quantitative estimate of drug-likeness (QED) is 0.309. The fourth-order valence-corrected chi connectivity index (χ4v) is 2.29. The van der Waals surface area contributed by atoms with Crippen molar-refractivity contribution in [1.29, 1.82) is 0 Å². The average molecular weight is 336 g/mol. The Morgan fingerprint density at radius 1 is 1.42 bits per heavy atom. The van der Waals surface area contributed by atoms with Gasteiger partial charge in [0.25, 0.3) is 0 Å². The van der Waals surface area contributed by atoms with Crippen molar-refractivity contribution in [1.82, 2.24) is 5.32 Å². The first-order valence-electron chi connectivity index (χ1n) is 9.04. The third-order valence-corrected chi connectivity index (χ3v) is 3.53. The largest absolute Gasteiger partial charge is 0.508 e. The minimum absolute atomic E-state index is 0.214. The zero-order valence-electron chi connectivity index (χ0n) is 15.5. The molecule has 1 aliphatic rings. The fraction of sp³-hybridized carbons (Fsp3) is 0.524. The first-order chi connectivity index (χ1) is 11.6. The summed E-state index contributed by atoms with van der Waals surface area (Å²) in [4.78, 5) is 0. The van der Waals surface area contributed by atoms with Crippen molar-refractivity contribution in [2.24, 2.45) is 0 Å². The molecule has 0 heterocycles. The zero-order chi connectivity index (χ0) is 18.2. The summed E-state index contributed by atoms with van der Waals surface area (Å²) < 4.78 is 13.6. The molecular weight excluding hydrogens is 301 g/mol. The number of aliphatic hydroxyl groups excluding tert-OH is 1. The van der Waals surface area contributed by atoms with E-state index in [9.17, 15) is 9.50 Å². The number of halogens is 1. The Labute approximate surface area is 147 Å². The molecule has 0 bridgehead atoms. The molecule has 2 N–H and O–H groups in total. The number of hydrogen-bond acceptors (Lipinski definition) is 2. The summed E-state index contributed by atoms with van der Waals surface area (Å²) >= 11 is 0. The number of nitrogens with one attached hydrogen (secondary N) is 1. The second-order valence-corrected chi connectivity index (χ2v) is 5.62. The molecule has 136 valence electrons. The van der Waals surface area contributed by atoms with Gasteiger partial charge >= 0.3 is 0 Å². The molecule has 0 aromatic heterocycles. The second kappa shape index (κ2) is 14.8. The van der Waals surface area contributed by atoms with E-state index in [1.54, 1.807) is 12.2 Å². The van der Waals surface area contributed by atoms with Crippen molar-refractivity contribution in [2.75, 3.05) is 0 Å². The molecule has 1 aliphatic carbocycles. The number of hydrogen-bond donors (Lipinski definition) is 2. The predicted molar refractivity (Wildman–Crippen MR) is 104 cm³/mol. The maximum absolute atomic E-state index is 13.6. The Morgan fingerprint density at radius 2 is 2.17 bits per heavy atom. The van der Waals surface area contributed by atoms with Crippen molar-refractivity contribution in [3.8, 4) is 0 Å². The molecule has 0 saturated carbocycles. The molecule has 0 fully saturated rings. The predicted octanol–water partition coefficient (Wildman–Crippen LogP) is 6.31. The molecule has 1 rings (SSSR count). The molecule has 0 saturated heterocycles. The lowest BCUT2D eigenvalue weighted by atomic mass is 10.1. The van der Waals surface area contributed by atoms with Crippen LogP contribution in [0.4, 0.5) is 4.39 Å². The first kappa shape index (κ1) is 22.2. The van der Waals surface area contributed by atoms with Gasteiger partial charge in [-0.15, -0.1) is 0 Å². The maximum Gasteiger partial charge on any atom is 0.124 e. The van der Waals surface area contributed by atoms with Gasteiger partial charge < -0.3 is 10.4 Å². The molecule has 3 heteroatoms. The zero-order valence-corrected chi connectivity index (χ0v) is 15.5. The van der Waals surface area contributed by atoms with Crippen LogP contribution in [0.15, 0.2) is 60.6 Å². The van der Waals surface area contributed by atoms with Crippen molar-refractivity contribution in [2.45, 2.75) is 71.5 Å². The van der Waals surface area contributed by atoms with Gasteiger partial charge in [0.15, 0.2) is 0 Å². The van der Waals surface area contributed by atoms with E-state index < -0.39 is 6.17 Å². The van der Waals surface area contributed by atoms with E-state index in [0.717, 1.165) is 31.4 Å². The van der Waals surface area contributed by atoms with E-state index in [0.29, 0.717) is 18.9 Å².